The third-order valence-electron chi connectivity index (χ3n) is 3.48. The number of likely N-dealkylation sites (N-methyl/N-ethyl adjacent to an activating group) is 1. The molecule has 18 heavy (non-hydrogen) atoms. The molecule has 1 aliphatic rings. The zero-order valence-electron chi connectivity index (χ0n) is 11.2. The summed E-state index contributed by atoms with van der Waals surface area (Å²) in [6, 6.07) is 6.55. The number of unbranched alkanes of at least 4 members (excludes halogenated alkanes) is 1. The summed E-state index contributed by atoms with van der Waals surface area (Å²) in [6.07, 6.45) is 4.12. The molecule has 1 N–H and O–H groups in total. The van der Waals surface area contributed by atoms with Gasteiger partial charge in [0.15, 0.2) is 0 Å². The van der Waals surface area contributed by atoms with Gasteiger partial charge in [0.05, 0.1) is 6.61 Å². The minimum Gasteiger partial charge on any atom is -0.493 e. The first kappa shape index (κ1) is 13.4. The van der Waals surface area contributed by atoms with Gasteiger partial charge < -0.3 is 14.7 Å². The van der Waals surface area contributed by atoms with Crippen LogP contribution in [0.5, 0.6) is 5.75 Å². The first-order chi connectivity index (χ1) is 8.79. The van der Waals surface area contributed by atoms with Crippen LogP contribution in [0, 0.1) is 0 Å². The van der Waals surface area contributed by atoms with E-state index in [2.05, 4.69) is 30.1 Å². The van der Waals surface area contributed by atoms with E-state index in [-0.39, 0.29) is 0 Å². The Morgan fingerprint density at radius 1 is 1.28 bits per heavy atom. The Morgan fingerprint density at radius 3 is 3.00 bits per heavy atom. The van der Waals surface area contributed by atoms with E-state index in [1.54, 1.807) is 0 Å². The Hall–Kier alpha value is -1.06. The molecule has 3 nitrogen and oxygen atoms in total. The van der Waals surface area contributed by atoms with Gasteiger partial charge in [0.2, 0.25) is 0 Å². The summed E-state index contributed by atoms with van der Waals surface area (Å²) in [5.41, 5.74) is 2.75. The average molecular weight is 249 g/mol. The fourth-order valence-corrected chi connectivity index (χ4v) is 2.32. The maximum Gasteiger partial charge on any atom is 0.122 e. The van der Waals surface area contributed by atoms with E-state index in [4.69, 9.17) is 9.84 Å². The Morgan fingerprint density at radius 2 is 2.17 bits per heavy atom. The molecule has 0 radical (unpaired) electrons. The molecule has 0 fully saturated rings. The van der Waals surface area contributed by atoms with Crippen molar-refractivity contribution >= 4 is 0 Å². The monoisotopic (exact) mass is 249 g/mol. The Bertz CT molecular complexity index is 379. The Labute approximate surface area is 109 Å². The molecule has 0 spiro atoms. The van der Waals surface area contributed by atoms with Gasteiger partial charge in [-0.15, -0.1) is 0 Å². The molecule has 2 rings (SSSR count). The molecule has 0 unspecified atom stereocenters. The maximum atomic E-state index is 8.75. The molecule has 0 amide bonds. The SMILES string of the molecule is CN(CCCCO)CCc1ccc2c(c1)CCO2. The molecular formula is C15H23NO2. The highest BCUT2D eigenvalue weighted by molar-refractivity contribution is 5.39. The lowest BCUT2D eigenvalue weighted by atomic mass is 10.1. The first-order valence-corrected chi connectivity index (χ1v) is 6.83. The molecule has 1 heterocycles. The number of aliphatic hydroxyl groups is 1. The molecule has 1 aliphatic heterocycles. The van der Waals surface area contributed by atoms with Crippen LogP contribution in [0.25, 0.3) is 0 Å². The van der Waals surface area contributed by atoms with Gasteiger partial charge in [-0.3, -0.25) is 0 Å². The lowest BCUT2D eigenvalue weighted by molar-refractivity contribution is 0.264. The highest BCUT2D eigenvalue weighted by Gasteiger charge is 2.11. The Kier molecular flexibility index (Phi) is 5.02. The lowest BCUT2D eigenvalue weighted by Crippen LogP contribution is -2.22. The summed E-state index contributed by atoms with van der Waals surface area (Å²) < 4.78 is 5.51. The van der Waals surface area contributed by atoms with Crippen molar-refractivity contribution < 1.29 is 9.84 Å². The molecule has 3 heteroatoms. The van der Waals surface area contributed by atoms with Gasteiger partial charge in [0.25, 0.3) is 0 Å². The van der Waals surface area contributed by atoms with E-state index < -0.39 is 0 Å². The smallest absolute Gasteiger partial charge is 0.122 e. The van der Waals surface area contributed by atoms with Crippen LogP contribution in [0.4, 0.5) is 0 Å². The van der Waals surface area contributed by atoms with Gasteiger partial charge in [-0.05, 0) is 50.0 Å². The van der Waals surface area contributed by atoms with Crippen LogP contribution in [0.3, 0.4) is 0 Å². The number of rotatable bonds is 7. The third-order valence-corrected chi connectivity index (χ3v) is 3.48. The fraction of sp³-hybridized carbons (Fsp3) is 0.600. The summed E-state index contributed by atoms with van der Waals surface area (Å²) >= 11 is 0. The van der Waals surface area contributed by atoms with Gasteiger partial charge in [-0.1, -0.05) is 12.1 Å². The molecule has 0 saturated carbocycles. The normalized spacial score (nSPS) is 13.7. The maximum absolute atomic E-state index is 8.75. The molecule has 0 aliphatic carbocycles. The first-order valence-electron chi connectivity index (χ1n) is 6.83. The van der Waals surface area contributed by atoms with E-state index in [0.29, 0.717) is 6.61 Å². The van der Waals surface area contributed by atoms with Crippen molar-refractivity contribution in [2.24, 2.45) is 0 Å². The highest BCUT2D eigenvalue weighted by Crippen LogP contribution is 2.25. The molecule has 1 aromatic rings. The zero-order valence-corrected chi connectivity index (χ0v) is 11.2. The second-order valence-corrected chi connectivity index (χ2v) is 5.02. The van der Waals surface area contributed by atoms with Crippen molar-refractivity contribution in [3.8, 4) is 5.75 Å². The highest BCUT2D eigenvalue weighted by atomic mass is 16.5. The molecule has 0 aromatic heterocycles. The molecule has 100 valence electrons. The van der Waals surface area contributed by atoms with E-state index in [0.717, 1.165) is 51.1 Å². The standard InChI is InChI=1S/C15H23NO2/c1-16(8-2-3-10-17)9-6-13-4-5-15-14(12-13)7-11-18-15/h4-5,12,17H,2-3,6-11H2,1H3. The van der Waals surface area contributed by atoms with Gasteiger partial charge in [0, 0.05) is 19.6 Å². The summed E-state index contributed by atoms with van der Waals surface area (Å²) in [5, 5.41) is 8.75. The lowest BCUT2D eigenvalue weighted by Gasteiger charge is -2.16. The van der Waals surface area contributed by atoms with E-state index >= 15 is 0 Å². The summed E-state index contributed by atoms with van der Waals surface area (Å²) in [5.74, 6) is 1.06. The predicted molar refractivity (Wildman–Crippen MR) is 73.2 cm³/mol. The van der Waals surface area contributed by atoms with Gasteiger partial charge in [0.1, 0.15) is 5.75 Å². The number of benzene rings is 1. The van der Waals surface area contributed by atoms with Crippen molar-refractivity contribution in [1.82, 2.24) is 4.90 Å². The van der Waals surface area contributed by atoms with Crippen molar-refractivity contribution in [2.75, 3.05) is 33.4 Å². The molecule has 0 atom stereocenters. The largest absolute Gasteiger partial charge is 0.493 e. The number of nitrogens with zero attached hydrogens (tertiary/aromatic N) is 1. The number of aliphatic hydroxyl groups excluding tert-OH is 1. The second kappa shape index (κ2) is 6.76. The van der Waals surface area contributed by atoms with Crippen LogP contribution in [0.15, 0.2) is 18.2 Å². The van der Waals surface area contributed by atoms with Crippen LogP contribution in [0.2, 0.25) is 0 Å². The molecular weight excluding hydrogens is 226 g/mol. The average Bonchev–Trinajstić information content (AvgIpc) is 2.84. The number of fused-ring (bicyclic) bond motifs is 1. The third kappa shape index (κ3) is 3.72. The fourth-order valence-electron chi connectivity index (χ4n) is 2.32. The van der Waals surface area contributed by atoms with E-state index in [9.17, 15) is 0 Å². The van der Waals surface area contributed by atoms with Crippen molar-refractivity contribution in [2.45, 2.75) is 25.7 Å². The molecule has 0 bridgehead atoms. The molecule has 0 saturated heterocycles. The number of hydrogen-bond acceptors (Lipinski definition) is 3. The van der Waals surface area contributed by atoms with Crippen molar-refractivity contribution in [3.63, 3.8) is 0 Å². The quantitative estimate of drug-likeness (QED) is 0.749. The van der Waals surface area contributed by atoms with Crippen LogP contribution in [0.1, 0.15) is 24.0 Å². The van der Waals surface area contributed by atoms with Gasteiger partial charge in [-0.25, -0.2) is 0 Å². The van der Waals surface area contributed by atoms with E-state index in [1.165, 1.54) is 11.1 Å². The van der Waals surface area contributed by atoms with Crippen LogP contribution >= 0.6 is 0 Å². The number of hydrogen-bond donors (Lipinski definition) is 1. The minimum absolute atomic E-state index is 0.304. The Balaban J connectivity index is 1.76. The molecule has 1 aromatic carbocycles. The van der Waals surface area contributed by atoms with Gasteiger partial charge >= 0.3 is 0 Å². The summed E-state index contributed by atoms with van der Waals surface area (Å²) in [6.45, 7) is 3.28. The van der Waals surface area contributed by atoms with Crippen LogP contribution < -0.4 is 4.74 Å². The summed E-state index contributed by atoms with van der Waals surface area (Å²) in [4.78, 5) is 2.33. The minimum atomic E-state index is 0.304. The zero-order chi connectivity index (χ0) is 12.8. The van der Waals surface area contributed by atoms with Crippen molar-refractivity contribution in [3.05, 3.63) is 29.3 Å². The van der Waals surface area contributed by atoms with Gasteiger partial charge in [-0.2, -0.15) is 0 Å². The van der Waals surface area contributed by atoms with E-state index in [1.807, 2.05) is 0 Å². The van der Waals surface area contributed by atoms with Crippen LogP contribution in [-0.2, 0) is 12.8 Å². The predicted octanol–water partition coefficient (Wildman–Crippen LogP) is 1.87. The summed E-state index contributed by atoms with van der Waals surface area (Å²) in [7, 11) is 2.15. The number of ether oxygens (including phenoxy) is 1. The topological polar surface area (TPSA) is 32.7 Å². The van der Waals surface area contributed by atoms with Crippen molar-refractivity contribution in [1.29, 1.82) is 0 Å². The van der Waals surface area contributed by atoms with Crippen LogP contribution in [-0.4, -0.2) is 43.4 Å². The second-order valence-electron chi connectivity index (χ2n) is 5.02.